The zero-order chi connectivity index (χ0) is 20.6. The Morgan fingerprint density at radius 3 is 2.73 bits per heavy atom. The molecule has 7 nitrogen and oxygen atoms in total. The number of pyridine rings is 1. The molecule has 0 spiro atoms. The van der Waals surface area contributed by atoms with E-state index in [1.165, 1.54) is 0 Å². The highest BCUT2D eigenvalue weighted by Gasteiger charge is 2.23. The van der Waals surface area contributed by atoms with Crippen LogP contribution < -0.4 is 10.1 Å². The van der Waals surface area contributed by atoms with E-state index in [9.17, 15) is 4.79 Å². The fraction of sp³-hybridized carbons (Fsp3) is 0.478. The summed E-state index contributed by atoms with van der Waals surface area (Å²) in [5.41, 5.74) is 1.65. The minimum Gasteiger partial charge on any atom is -0.489 e. The average molecular weight is 412 g/mol. The van der Waals surface area contributed by atoms with Crippen molar-refractivity contribution in [2.45, 2.75) is 31.6 Å². The Labute approximate surface area is 177 Å². The molecule has 160 valence electrons. The van der Waals surface area contributed by atoms with Gasteiger partial charge in [0, 0.05) is 32.4 Å². The Morgan fingerprint density at radius 1 is 1.13 bits per heavy atom. The normalized spacial score (nSPS) is 20.6. The number of nitrogens with zero attached hydrogens (tertiary/aromatic N) is 2. The summed E-state index contributed by atoms with van der Waals surface area (Å²) in [5, 5.41) is 2.94. The van der Waals surface area contributed by atoms with Crippen LogP contribution in [0.1, 0.15) is 28.9 Å². The van der Waals surface area contributed by atoms with Crippen LogP contribution in [-0.2, 0) is 16.0 Å². The van der Waals surface area contributed by atoms with Gasteiger partial charge in [-0.25, -0.2) is 0 Å². The molecule has 2 saturated heterocycles. The number of para-hydroxylation sites is 1. The monoisotopic (exact) mass is 411 g/mol. The van der Waals surface area contributed by atoms with Gasteiger partial charge in [0.25, 0.3) is 5.91 Å². The van der Waals surface area contributed by atoms with Gasteiger partial charge in [0.05, 0.1) is 37.2 Å². The van der Waals surface area contributed by atoms with Crippen LogP contribution in [0.25, 0.3) is 0 Å². The molecule has 1 N–H and O–H groups in total. The van der Waals surface area contributed by atoms with E-state index in [2.05, 4.69) is 21.3 Å². The van der Waals surface area contributed by atoms with E-state index in [0.29, 0.717) is 37.7 Å². The number of hydrogen-bond donors (Lipinski definition) is 1. The summed E-state index contributed by atoms with van der Waals surface area (Å²) in [6, 6.07) is 13.5. The fourth-order valence-corrected chi connectivity index (χ4v) is 3.80. The first kappa shape index (κ1) is 20.8. The lowest BCUT2D eigenvalue weighted by atomic mass is 10.1. The van der Waals surface area contributed by atoms with E-state index < -0.39 is 0 Å². The molecule has 2 aromatic rings. The second kappa shape index (κ2) is 10.5. The van der Waals surface area contributed by atoms with Crippen LogP contribution in [0.5, 0.6) is 5.75 Å². The molecule has 0 aliphatic carbocycles. The molecule has 2 aliphatic heterocycles. The second-order valence-electron chi connectivity index (χ2n) is 7.69. The number of aromatic nitrogens is 1. The third kappa shape index (κ3) is 5.78. The number of ether oxygens (including phenoxy) is 3. The Bertz CT molecular complexity index is 803. The number of carbonyl (C=O) groups is 1. The van der Waals surface area contributed by atoms with E-state index in [1.54, 1.807) is 6.07 Å². The molecule has 30 heavy (non-hydrogen) atoms. The molecule has 1 atom stereocenters. The van der Waals surface area contributed by atoms with Crippen LogP contribution in [0.15, 0.2) is 48.7 Å². The van der Waals surface area contributed by atoms with Crippen molar-refractivity contribution in [3.63, 3.8) is 0 Å². The van der Waals surface area contributed by atoms with Crippen molar-refractivity contribution >= 4 is 5.91 Å². The van der Waals surface area contributed by atoms with Crippen molar-refractivity contribution in [3.05, 3.63) is 59.9 Å². The predicted octanol–water partition coefficient (Wildman–Crippen LogP) is 2.27. The van der Waals surface area contributed by atoms with Gasteiger partial charge in [0.15, 0.2) is 0 Å². The SMILES string of the molecule is O=C(NC[C@H]1COCCO1)c1ccccc1OC1CCN(Cc2ccccn2)CC1. The number of benzene rings is 1. The van der Waals surface area contributed by atoms with Gasteiger partial charge in [-0.15, -0.1) is 0 Å². The summed E-state index contributed by atoms with van der Waals surface area (Å²) < 4.78 is 17.2. The number of likely N-dealkylation sites (tertiary alicyclic amines) is 1. The fourth-order valence-electron chi connectivity index (χ4n) is 3.80. The van der Waals surface area contributed by atoms with Crippen LogP contribution in [0.4, 0.5) is 0 Å². The smallest absolute Gasteiger partial charge is 0.255 e. The van der Waals surface area contributed by atoms with Crippen molar-refractivity contribution in [1.29, 1.82) is 0 Å². The molecule has 1 aromatic carbocycles. The Balaban J connectivity index is 1.28. The molecule has 0 bridgehead atoms. The highest BCUT2D eigenvalue weighted by Crippen LogP contribution is 2.23. The van der Waals surface area contributed by atoms with Gasteiger partial charge in [0.2, 0.25) is 0 Å². The van der Waals surface area contributed by atoms with Gasteiger partial charge in [0.1, 0.15) is 11.9 Å². The first-order valence-electron chi connectivity index (χ1n) is 10.6. The minimum atomic E-state index is -0.146. The van der Waals surface area contributed by atoms with Crippen LogP contribution >= 0.6 is 0 Å². The van der Waals surface area contributed by atoms with Gasteiger partial charge >= 0.3 is 0 Å². The first-order chi connectivity index (χ1) is 14.8. The minimum absolute atomic E-state index is 0.0980. The van der Waals surface area contributed by atoms with Gasteiger partial charge in [-0.1, -0.05) is 18.2 Å². The number of nitrogens with one attached hydrogen (secondary N) is 1. The van der Waals surface area contributed by atoms with Crippen molar-refractivity contribution in [2.75, 3.05) is 39.5 Å². The predicted molar refractivity (Wildman–Crippen MR) is 112 cm³/mol. The van der Waals surface area contributed by atoms with Gasteiger partial charge in [-0.05, 0) is 37.1 Å². The number of hydrogen-bond acceptors (Lipinski definition) is 6. The summed E-state index contributed by atoms with van der Waals surface area (Å²) in [4.78, 5) is 19.5. The zero-order valence-corrected chi connectivity index (χ0v) is 17.2. The van der Waals surface area contributed by atoms with E-state index in [4.69, 9.17) is 14.2 Å². The molecule has 0 saturated carbocycles. The first-order valence-corrected chi connectivity index (χ1v) is 10.6. The maximum Gasteiger partial charge on any atom is 0.255 e. The summed E-state index contributed by atoms with van der Waals surface area (Å²) >= 11 is 0. The third-order valence-corrected chi connectivity index (χ3v) is 5.45. The molecule has 2 aliphatic rings. The topological polar surface area (TPSA) is 72.9 Å². The van der Waals surface area contributed by atoms with Crippen molar-refractivity contribution in [3.8, 4) is 5.75 Å². The van der Waals surface area contributed by atoms with Crippen LogP contribution in [-0.4, -0.2) is 67.5 Å². The third-order valence-electron chi connectivity index (χ3n) is 5.45. The molecule has 3 heterocycles. The summed E-state index contributed by atoms with van der Waals surface area (Å²) in [5.74, 6) is 0.492. The van der Waals surface area contributed by atoms with Crippen LogP contribution in [0, 0.1) is 0 Å². The molecule has 0 radical (unpaired) electrons. The lowest BCUT2D eigenvalue weighted by Crippen LogP contribution is -2.40. The van der Waals surface area contributed by atoms with E-state index >= 15 is 0 Å². The van der Waals surface area contributed by atoms with Gasteiger partial charge < -0.3 is 19.5 Å². The van der Waals surface area contributed by atoms with Gasteiger partial charge in [-0.2, -0.15) is 0 Å². The molecule has 1 amide bonds. The highest BCUT2D eigenvalue weighted by molar-refractivity contribution is 5.96. The molecular weight excluding hydrogens is 382 g/mol. The molecule has 7 heteroatoms. The molecular formula is C23H29N3O4. The summed E-state index contributed by atoms with van der Waals surface area (Å²) in [6.45, 7) is 4.89. The lowest BCUT2D eigenvalue weighted by Gasteiger charge is -2.32. The Morgan fingerprint density at radius 2 is 1.97 bits per heavy atom. The lowest BCUT2D eigenvalue weighted by molar-refractivity contribution is -0.0855. The Kier molecular flexibility index (Phi) is 7.29. The van der Waals surface area contributed by atoms with Crippen molar-refractivity contribution in [1.82, 2.24) is 15.2 Å². The number of carbonyl (C=O) groups excluding carboxylic acids is 1. The maximum atomic E-state index is 12.7. The molecule has 4 rings (SSSR count). The maximum absolute atomic E-state index is 12.7. The summed E-state index contributed by atoms with van der Waals surface area (Å²) in [6.07, 6.45) is 3.69. The molecule has 1 aromatic heterocycles. The van der Waals surface area contributed by atoms with E-state index in [-0.39, 0.29) is 18.1 Å². The van der Waals surface area contributed by atoms with Crippen molar-refractivity contribution < 1.29 is 19.0 Å². The highest BCUT2D eigenvalue weighted by atomic mass is 16.6. The average Bonchev–Trinajstić information content (AvgIpc) is 2.80. The van der Waals surface area contributed by atoms with Crippen LogP contribution in [0.2, 0.25) is 0 Å². The molecule has 0 unspecified atom stereocenters. The van der Waals surface area contributed by atoms with E-state index in [0.717, 1.165) is 38.2 Å². The quantitative estimate of drug-likeness (QED) is 0.754. The second-order valence-corrected chi connectivity index (χ2v) is 7.69. The number of piperidine rings is 1. The largest absolute Gasteiger partial charge is 0.489 e. The zero-order valence-electron chi connectivity index (χ0n) is 17.2. The Hall–Kier alpha value is -2.48. The summed E-state index contributed by atoms with van der Waals surface area (Å²) in [7, 11) is 0. The number of amides is 1. The van der Waals surface area contributed by atoms with Crippen LogP contribution in [0.3, 0.4) is 0 Å². The number of rotatable bonds is 7. The standard InChI is InChI=1S/C23H29N3O4/c27-23(25-15-20-17-28-13-14-29-20)21-6-1-2-7-22(21)30-19-8-11-26(12-9-19)16-18-5-3-4-10-24-18/h1-7,10,19-20H,8-9,11-17H2,(H,25,27)/t20-/m0/s1. The van der Waals surface area contributed by atoms with Gasteiger partial charge in [-0.3, -0.25) is 14.7 Å². The van der Waals surface area contributed by atoms with Crippen molar-refractivity contribution in [2.24, 2.45) is 0 Å². The molecule has 2 fully saturated rings. The van der Waals surface area contributed by atoms with E-state index in [1.807, 2.05) is 36.5 Å².